The number of carbonyl (C=O) groups is 1. The van der Waals surface area contributed by atoms with E-state index in [1.165, 1.54) is 12.1 Å². The third-order valence-electron chi connectivity index (χ3n) is 4.89. The number of anilines is 2. The highest BCUT2D eigenvalue weighted by atomic mass is 35.5. The summed E-state index contributed by atoms with van der Waals surface area (Å²) in [6.45, 7) is 3.39. The maximum absolute atomic E-state index is 13.9. The van der Waals surface area contributed by atoms with Crippen LogP contribution in [0.3, 0.4) is 0 Å². The number of likely N-dealkylation sites (tertiary alicyclic amines) is 1. The van der Waals surface area contributed by atoms with Crippen LogP contribution in [0.5, 0.6) is 0 Å². The van der Waals surface area contributed by atoms with Crippen LogP contribution in [0, 0.1) is 12.7 Å². The van der Waals surface area contributed by atoms with Crippen LogP contribution in [0.15, 0.2) is 42.6 Å². The maximum atomic E-state index is 13.9. The van der Waals surface area contributed by atoms with Gasteiger partial charge in [-0.2, -0.15) is 0 Å². The van der Waals surface area contributed by atoms with Gasteiger partial charge in [-0.15, -0.1) is 0 Å². The number of pyridine rings is 1. The normalized spacial score (nSPS) is 14.0. The molecule has 0 radical (unpaired) electrons. The molecule has 0 spiro atoms. The lowest BCUT2D eigenvalue weighted by Gasteiger charge is -2.20. The Morgan fingerprint density at radius 2 is 1.96 bits per heavy atom. The summed E-state index contributed by atoms with van der Waals surface area (Å²) >= 11 is 6.24. The molecular formula is C21H19ClFN3O. The Morgan fingerprint density at radius 1 is 1.19 bits per heavy atom. The average Bonchev–Trinajstić information content (AvgIpc) is 3.19. The number of benzene rings is 2. The standard InChI is InChI=1S/C21H19ClFN3O/c1-13-4-6-15(11-18(13)22)25-20-16-10-14(23)5-7-19(16)24-12-17(20)21(27)26-8-2-3-9-26/h4-7,10-12H,2-3,8-9H2,1H3,(H,24,25). The molecule has 3 aromatic rings. The summed E-state index contributed by atoms with van der Waals surface area (Å²) in [7, 11) is 0. The fourth-order valence-corrected chi connectivity index (χ4v) is 3.55. The molecule has 4 rings (SSSR count). The number of nitrogens with one attached hydrogen (secondary N) is 1. The first kappa shape index (κ1) is 17.7. The highest BCUT2D eigenvalue weighted by molar-refractivity contribution is 6.31. The number of aromatic nitrogens is 1. The van der Waals surface area contributed by atoms with Crippen molar-refractivity contribution in [3.63, 3.8) is 0 Å². The average molecular weight is 384 g/mol. The van der Waals surface area contributed by atoms with Gasteiger partial charge in [0.25, 0.3) is 5.91 Å². The summed E-state index contributed by atoms with van der Waals surface area (Å²) in [6.07, 6.45) is 3.56. The van der Waals surface area contributed by atoms with Crippen molar-refractivity contribution in [3.8, 4) is 0 Å². The van der Waals surface area contributed by atoms with Crippen molar-refractivity contribution in [2.45, 2.75) is 19.8 Å². The number of nitrogens with zero attached hydrogens (tertiary/aromatic N) is 2. The van der Waals surface area contributed by atoms with Gasteiger partial charge < -0.3 is 10.2 Å². The molecule has 0 saturated carbocycles. The number of halogens is 2. The lowest BCUT2D eigenvalue weighted by atomic mass is 10.1. The Labute approximate surface area is 162 Å². The number of hydrogen-bond acceptors (Lipinski definition) is 3. The molecule has 1 saturated heterocycles. The van der Waals surface area contributed by atoms with E-state index in [4.69, 9.17) is 11.6 Å². The Morgan fingerprint density at radius 3 is 2.70 bits per heavy atom. The van der Waals surface area contributed by atoms with Crippen molar-refractivity contribution in [2.24, 2.45) is 0 Å². The lowest BCUT2D eigenvalue weighted by molar-refractivity contribution is 0.0793. The maximum Gasteiger partial charge on any atom is 0.257 e. The van der Waals surface area contributed by atoms with Gasteiger partial charge in [-0.25, -0.2) is 4.39 Å². The van der Waals surface area contributed by atoms with Crippen LogP contribution in [0.1, 0.15) is 28.8 Å². The molecule has 1 fully saturated rings. The third-order valence-corrected chi connectivity index (χ3v) is 5.30. The summed E-state index contributed by atoms with van der Waals surface area (Å²) < 4.78 is 13.9. The van der Waals surface area contributed by atoms with Gasteiger partial charge in [-0.05, 0) is 55.7 Å². The van der Waals surface area contributed by atoms with E-state index < -0.39 is 0 Å². The first-order chi connectivity index (χ1) is 13.0. The lowest BCUT2D eigenvalue weighted by Crippen LogP contribution is -2.28. The molecule has 1 aromatic heterocycles. The molecular weight excluding hydrogens is 365 g/mol. The van der Waals surface area contributed by atoms with Gasteiger partial charge in [0.2, 0.25) is 0 Å². The zero-order valence-electron chi connectivity index (χ0n) is 14.9. The minimum atomic E-state index is -0.375. The van der Waals surface area contributed by atoms with Gasteiger partial charge >= 0.3 is 0 Å². The van der Waals surface area contributed by atoms with Gasteiger partial charge in [-0.1, -0.05) is 17.7 Å². The fraction of sp³-hybridized carbons (Fsp3) is 0.238. The van der Waals surface area contributed by atoms with E-state index in [1.807, 2.05) is 24.0 Å². The van der Waals surface area contributed by atoms with Crippen LogP contribution in [-0.2, 0) is 0 Å². The summed E-state index contributed by atoms with van der Waals surface area (Å²) in [4.78, 5) is 19.2. The predicted molar refractivity (Wildman–Crippen MR) is 106 cm³/mol. The van der Waals surface area contributed by atoms with E-state index >= 15 is 0 Å². The Kier molecular flexibility index (Phi) is 4.70. The number of carbonyl (C=O) groups excluding carboxylic acids is 1. The molecule has 4 nitrogen and oxygen atoms in total. The molecule has 1 aliphatic heterocycles. The Balaban J connectivity index is 1.85. The van der Waals surface area contributed by atoms with E-state index in [-0.39, 0.29) is 11.7 Å². The summed E-state index contributed by atoms with van der Waals surface area (Å²) in [5.41, 5.74) is 3.30. The minimum absolute atomic E-state index is 0.0909. The van der Waals surface area contributed by atoms with E-state index in [9.17, 15) is 9.18 Å². The second-order valence-electron chi connectivity index (χ2n) is 6.80. The molecule has 1 aliphatic rings. The van der Waals surface area contributed by atoms with E-state index in [0.717, 1.165) is 37.2 Å². The van der Waals surface area contributed by atoms with Crippen molar-refractivity contribution in [1.82, 2.24) is 9.88 Å². The van der Waals surface area contributed by atoms with Gasteiger partial charge in [0.15, 0.2) is 0 Å². The van der Waals surface area contributed by atoms with Gasteiger partial charge in [0.05, 0.1) is 16.8 Å². The van der Waals surface area contributed by atoms with Gasteiger partial charge in [0.1, 0.15) is 5.82 Å². The van der Waals surface area contributed by atoms with E-state index in [1.54, 1.807) is 18.3 Å². The molecule has 1 amide bonds. The van der Waals surface area contributed by atoms with Crippen molar-refractivity contribution in [2.75, 3.05) is 18.4 Å². The van der Waals surface area contributed by atoms with E-state index in [2.05, 4.69) is 10.3 Å². The van der Waals surface area contributed by atoms with Crippen molar-refractivity contribution in [1.29, 1.82) is 0 Å². The fourth-order valence-electron chi connectivity index (χ4n) is 3.37. The topological polar surface area (TPSA) is 45.2 Å². The second kappa shape index (κ2) is 7.16. The first-order valence-corrected chi connectivity index (χ1v) is 9.31. The molecule has 0 aliphatic carbocycles. The highest BCUT2D eigenvalue weighted by Crippen LogP contribution is 2.32. The number of fused-ring (bicyclic) bond motifs is 1. The van der Waals surface area contributed by atoms with Crippen molar-refractivity contribution in [3.05, 3.63) is 64.6 Å². The van der Waals surface area contributed by atoms with Crippen molar-refractivity contribution < 1.29 is 9.18 Å². The van der Waals surface area contributed by atoms with Gasteiger partial charge in [-0.3, -0.25) is 9.78 Å². The van der Waals surface area contributed by atoms with Crippen LogP contribution in [0.4, 0.5) is 15.8 Å². The largest absolute Gasteiger partial charge is 0.354 e. The monoisotopic (exact) mass is 383 g/mol. The van der Waals surface area contributed by atoms with Gasteiger partial charge in [0, 0.05) is 35.4 Å². The molecule has 138 valence electrons. The van der Waals surface area contributed by atoms with Crippen LogP contribution in [0.2, 0.25) is 5.02 Å². The summed E-state index contributed by atoms with van der Waals surface area (Å²) in [5.74, 6) is -0.466. The molecule has 0 bridgehead atoms. The first-order valence-electron chi connectivity index (χ1n) is 8.93. The second-order valence-corrected chi connectivity index (χ2v) is 7.20. The molecule has 27 heavy (non-hydrogen) atoms. The molecule has 2 aromatic carbocycles. The molecule has 6 heteroatoms. The third kappa shape index (κ3) is 3.47. The molecule has 1 N–H and O–H groups in total. The van der Waals surface area contributed by atoms with Crippen LogP contribution in [-0.4, -0.2) is 28.9 Å². The van der Waals surface area contributed by atoms with Crippen molar-refractivity contribution >= 4 is 39.8 Å². The zero-order chi connectivity index (χ0) is 19.0. The number of rotatable bonds is 3. The van der Waals surface area contributed by atoms with Crippen LogP contribution in [0.25, 0.3) is 10.9 Å². The van der Waals surface area contributed by atoms with Crippen LogP contribution < -0.4 is 5.32 Å². The summed E-state index contributed by atoms with van der Waals surface area (Å²) in [5, 5.41) is 4.47. The van der Waals surface area contributed by atoms with Crippen LogP contribution >= 0.6 is 11.6 Å². The molecule has 2 heterocycles. The number of hydrogen-bond donors (Lipinski definition) is 1. The smallest absolute Gasteiger partial charge is 0.257 e. The molecule has 0 unspecified atom stereocenters. The quantitative estimate of drug-likeness (QED) is 0.666. The molecule has 0 atom stereocenters. The highest BCUT2D eigenvalue weighted by Gasteiger charge is 2.24. The predicted octanol–water partition coefficient (Wildman–Crippen LogP) is 5.32. The summed E-state index contributed by atoms with van der Waals surface area (Å²) in [6, 6.07) is 9.97. The van der Waals surface area contributed by atoms with E-state index in [0.29, 0.717) is 27.2 Å². The Bertz CT molecular complexity index is 1030. The Hall–Kier alpha value is -2.66. The minimum Gasteiger partial charge on any atom is -0.354 e. The SMILES string of the molecule is Cc1ccc(Nc2c(C(=O)N3CCCC3)cnc3ccc(F)cc23)cc1Cl. The number of aryl methyl sites for hydroxylation is 1. The number of amides is 1. The zero-order valence-corrected chi connectivity index (χ0v) is 15.7.